The Morgan fingerprint density at radius 2 is 2.00 bits per heavy atom. The highest BCUT2D eigenvalue weighted by molar-refractivity contribution is 7.89. The van der Waals surface area contributed by atoms with Gasteiger partial charge in [-0.15, -0.1) is 0 Å². The molecule has 0 bridgehead atoms. The first-order valence-corrected chi connectivity index (χ1v) is 8.45. The van der Waals surface area contributed by atoms with E-state index in [0.29, 0.717) is 11.7 Å². The molecule has 2 rings (SSSR count). The van der Waals surface area contributed by atoms with Crippen LogP contribution in [0.4, 0.5) is 0 Å². The molecule has 2 aliphatic rings. The number of rotatable bonds is 5. The molecule has 2 N–H and O–H groups in total. The lowest BCUT2D eigenvalue weighted by atomic mass is 9.84. The molecule has 1 heterocycles. The maximum absolute atomic E-state index is 11.9. The third-order valence-corrected chi connectivity index (χ3v) is 5.55. The van der Waals surface area contributed by atoms with E-state index in [4.69, 9.17) is 0 Å². The first kappa shape index (κ1) is 13.3. The molecular formula is C12H24N2O2S. The van der Waals surface area contributed by atoms with Crippen molar-refractivity contribution in [1.82, 2.24) is 10.0 Å². The van der Waals surface area contributed by atoms with Gasteiger partial charge in [-0.3, -0.25) is 0 Å². The fourth-order valence-corrected chi connectivity index (χ4v) is 4.14. The fraction of sp³-hybridized carbons (Fsp3) is 1.00. The Hall–Kier alpha value is -0.130. The van der Waals surface area contributed by atoms with Gasteiger partial charge in [0.1, 0.15) is 0 Å². The van der Waals surface area contributed by atoms with Gasteiger partial charge < -0.3 is 5.32 Å². The van der Waals surface area contributed by atoms with Crippen molar-refractivity contribution in [2.75, 3.05) is 12.3 Å². The van der Waals surface area contributed by atoms with Crippen LogP contribution in [0.15, 0.2) is 0 Å². The van der Waals surface area contributed by atoms with Crippen LogP contribution in [0.3, 0.4) is 0 Å². The van der Waals surface area contributed by atoms with Crippen LogP contribution in [0.1, 0.15) is 45.4 Å². The van der Waals surface area contributed by atoms with Crippen LogP contribution in [0.2, 0.25) is 0 Å². The van der Waals surface area contributed by atoms with Gasteiger partial charge in [0.25, 0.3) is 0 Å². The van der Waals surface area contributed by atoms with E-state index in [9.17, 15) is 8.42 Å². The van der Waals surface area contributed by atoms with E-state index in [1.165, 1.54) is 19.3 Å². The Bertz CT molecular complexity index is 338. The second-order valence-corrected chi connectivity index (χ2v) is 7.39. The average molecular weight is 260 g/mol. The minimum absolute atomic E-state index is 0.0788. The fourth-order valence-electron chi connectivity index (χ4n) is 2.60. The van der Waals surface area contributed by atoms with Crippen molar-refractivity contribution >= 4 is 10.0 Å². The second kappa shape index (κ2) is 5.67. The van der Waals surface area contributed by atoms with E-state index in [-0.39, 0.29) is 12.1 Å². The van der Waals surface area contributed by atoms with Gasteiger partial charge in [0.05, 0.1) is 5.75 Å². The summed E-state index contributed by atoms with van der Waals surface area (Å²) in [4.78, 5) is 0. The molecule has 0 aromatic rings. The molecule has 1 saturated heterocycles. The van der Waals surface area contributed by atoms with E-state index in [2.05, 4.69) is 17.0 Å². The highest BCUT2D eigenvalue weighted by atomic mass is 32.2. The number of nitrogens with one attached hydrogen (secondary N) is 2. The molecule has 1 saturated carbocycles. The summed E-state index contributed by atoms with van der Waals surface area (Å²) >= 11 is 0. The van der Waals surface area contributed by atoms with Gasteiger partial charge in [-0.25, -0.2) is 13.1 Å². The summed E-state index contributed by atoms with van der Waals surface area (Å²) in [6.07, 6.45) is 6.57. The monoisotopic (exact) mass is 260 g/mol. The molecule has 100 valence electrons. The van der Waals surface area contributed by atoms with Crippen molar-refractivity contribution in [3.63, 3.8) is 0 Å². The molecule has 0 spiro atoms. The smallest absolute Gasteiger partial charge is 0.211 e. The summed E-state index contributed by atoms with van der Waals surface area (Å²) in [6, 6.07) is 0.331. The zero-order valence-electron chi connectivity index (χ0n) is 10.6. The summed E-state index contributed by atoms with van der Waals surface area (Å²) in [5.41, 5.74) is 0. The van der Waals surface area contributed by atoms with E-state index in [1.54, 1.807) is 0 Å². The maximum Gasteiger partial charge on any atom is 0.211 e. The van der Waals surface area contributed by atoms with Crippen LogP contribution < -0.4 is 10.0 Å². The first-order chi connectivity index (χ1) is 8.07. The van der Waals surface area contributed by atoms with Gasteiger partial charge in [0.15, 0.2) is 0 Å². The van der Waals surface area contributed by atoms with Crippen LogP contribution >= 0.6 is 0 Å². The molecule has 0 amide bonds. The molecule has 1 aliphatic carbocycles. The van der Waals surface area contributed by atoms with Gasteiger partial charge in [-0.2, -0.15) is 0 Å². The quantitative estimate of drug-likeness (QED) is 0.782. The van der Waals surface area contributed by atoms with Gasteiger partial charge >= 0.3 is 0 Å². The summed E-state index contributed by atoms with van der Waals surface area (Å²) in [5, 5.41) is 3.31. The molecule has 0 aromatic carbocycles. The summed E-state index contributed by atoms with van der Waals surface area (Å²) in [6.45, 7) is 3.06. The predicted octanol–water partition coefficient (Wildman–Crippen LogP) is 1.24. The molecule has 5 heteroatoms. The van der Waals surface area contributed by atoms with Crippen LogP contribution in [0, 0.1) is 5.92 Å². The summed E-state index contributed by atoms with van der Waals surface area (Å²) < 4.78 is 26.8. The lowest BCUT2D eigenvalue weighted by Crippen LogP contribution is -2.52. The topological polar surface area (TPSA) is 58.2 Å². The highest BCUT2D eigenvalue weighted by Gasteiger charge is 2.26. The Balaban J connectivity index is 1.78. The minimum atomic E-state index is -3.08. The molecule has 0 radical (unpaired) electrons. The van der Waals surface area contributed by atoms with Crippen molar-refractivity contribution in [2.45, 2.75) is 57.5 Å². The number of hydrogen-bond acceptors (Lipinski definition) is 3. The predicted molar refractivity (Wildman–Crippen MR) is 69.4 cm³/mol. The lowest BCUT2D eigenvalue weighted by molar-refractivity contribution is 0.306. The minimum Gasteiger partial charge on any atom is -0.313 e. The standard InChI is InChI=1S/C12H24N2O2S/c1-10-12(6-3-8-13-10)14-17(15,16)9-7-11-4-2-5-11/h10-14H,2-9H2,1H3. The zero-order chi connectivity index (χ0) is 12.3. The molecule has 4 nitrogen and oxygen atoms in total. The molecular weight excluding hydrogens is 236 g/mol. The average Bonchev–Trinajstić information content (AvgIpc) is 2.18. The van der Waals surface area contributed by atoms with Crippen molar-refractivity contribution in [3.05, 3.63) is 0 Å². The number of sulfonamides is 1. The van der Waals surface area contributed by atoms with Crippen LogP contribution in [0.5, 0.6) is 0 Å². The summed E-state index contributed by atoms with van der Waals surface area (Å²) in [5.74, 6) is 0.967. The molecule has 1 aliphatic heterocycles. The summed E-state index contributed by atoms with van der Waals surface area (Å²) in [7, 11) is -3.08. The number of piperidine rings is 1. The zero-order valence-corrected chi connectivity index (χ0v) is 11.4. The van der Waals surface area contributed by atoms with Gasteiger partial charge in [-0.1, -0.05) is 19.3 Å². The van der Waals surface area contributed by atoms with Crippen molar-refractivity contribution < 1.29 is 8.42 Å². The third kappa shape index (κ3) is 3.93. The Kier molecular flexibility index (Phi) is 4.44. The first-order valence-electron chi connectivity index (χ1n) is 6.80. The van der Waals surface area contributed by atoms with Crippen LogP contribution in [-0.4, -0.2) is 32.8 Å². The van der Waals surface area contributed by atoms with Crippen LogP contribution in [-0.2, 0) is 10.0 Å². The Morgan fingerprint density at radius 1 is 1.24 bits per heavy atom. The lowest BCUT2D eigenvalue weighted by Gasteiger charge is -2.31. The van der Waals surface area contributed by atoms with E-state index in [0.717, 1.165) is 25.8 Å². The van der Waals surface area contributed by atoms with E-state index >= 15 is 0 Å². The molecule has 2 fully saturated rings. The van der Waals surface area contributed by atoms with E-state index in [1.807, 2.05) is 0 Å². The van der Waals surface area contributed by atoms with Gasteiger partial charge in [0, 0.05) is 12.1 Å². The second-order valence-electron chi connectivity index (χ2n) is 5.51. The van der Waals surface area contributed by atoms with Crippen molar-refractivity contribution in [2.24, 2.45) is 5.92 Å². The van der Waals surface area contributed by atoms with Gasteiger partial charge in [-0.05, 0) is 38.6 Å². The van der Waals surface area contributed by atoms with Crippen molar-refractivity contribution in [3.8, 4) is 0 Å². The van der Waals surface area contributed by atoms with E-state index < -0.39 is 10.0 Å². The molecule has 0 aromatic heterocycles. The largest absolute Gasteiger partial charge is 0.313 e. The highest BCUT2D eigenvalue weighted by Crippen LogP contribution is 2.29. The SMILES string of the molecule is CC1NCCCC1NS(=O)(=O)CCC1CCC1. The molecule has 2 unspecified atom stereocenters. The maximum atomic E-state index is 11.9. The normalized spacial score (nSPS) is 31.1. The Labute approximate surface area is 105 Å². The molecule has 2 atom stereocenters. The van der Waals surface area contributed by atoms with Crippen molar-refractivity contribution in [1.29, 1.82) is 0 Å². The Morgan fingerprint density at radius 3 is 2.59 bits per heavy atom. The third-order valence-electron chi connectivity index (χ3n) is 4.11. The van der Waals surface area contributed by atoms with Gasteiger partial charge in [0.2, 0.25) is 10.0 Å². The molecule has 17 heavy (non-hydrogen) atoms. The number of hydrogen-bond donors (Lipinski definition) is 2. The van der Waals surface area contributed by atoms with Crippen LogP contribution in [0.25, 0.3) is 0 Å².